The van der Waals surface area contributed by atoms with Crippen molar-refractivity contribution in [2.24, 2.45) is 14.1 Å². The van der Waals surface area contributed by atoms with E-state index >= 15 is 4.39 Å². The van der Waals surface area contributed by atoms with Crippen LogP contribution in [0.3, 0.4) is 0 Å². The maximum absolute atomic E-state index is 16.1. The van der Waals surface area contributed by atoms with E-state index in [1.165, 1.54) is 55.8 Å². The largest absolute Gasteiger partial charge is 0.220 e. The number of rotatable bonds is 6. The molecular weight excluding hydrogens is 708 g/mol. The fourth-order valence-electron chi connectivity index (χ4n) is 9.52. The van der Waals surface area contributed by atoms with Crippen LogP contribution in [0, 0.1) is 19.7 Å². The standard InChI is InChI=1S/C55H43FN2/c1-36-20-21-41(34-47(36)53-19-11-12-31-57(53)3)38-22-26-42(27-23-38)55(50-17-9-7-15-45(50)46-16-8-10-18-51(46)55)43-28-24-40(25-29-43)49-35-48(37(2)33-52(49)56)54-44-14-6-5-13-39(44)30-32-58(54)4/h5-35H,1-4H3/q+2. The Bertz CT molecular complexity index is 3000. The van der Waals surface area contributed by atoms with Gasteiger partial charge in [0.15, 0.2) is 12.4 Å². The zero-order chi connectivity index (χ0) is 39.5. The van der Waals surface area contributed by atoms with E-state index in [4.69, 9.17) is 0 Å². The van der Waals surface area contributed by atoms with Gasteiger partial charge in [0.1, 0.15) is 19.9 Å². The Hall–Kier alpha value is -6.97. The van der Waals surface area contributed by atoms with Crippen LogP contribution < -0.4 is 9.13 Å². The molecule has 1 aliphatic carbocycles. The monoisotopic (exact) mass is 750 g/mol. The van der Waals surface area contributed by atoms with Gasteiger partial charge < -0.3 is 0 Å². The van der Waals surface area contributed by atoms with Gasteiger partial charge in [0, 0.05) is 29.3 Å². The molecule has 3 heteroatoms. The zero-order valence-corrected chi connectivity index (χ0v) is 33.2. The second kappa shape index (κ2) is 13.9. The Balaban J connectivity index is 1.11. The summed E-state index contributed by atoms with van der Waals surface area (Å²) in [4.78, 5) is 0. The number of fused-ring (bicyclic) bond motifs is 4. The van der Waals surface area contributed by atoms with E-state index in [9.17, 15) is 0 Å². The lowest BCUT2D eigenvalue weighted by molar-refractivity contribution is -0.660. The molecule has 0 unspecified atom stereocenters. The number of pyridine rings is 2. The van der Waals surface area contributed by atoms with E-state index in [-0.39, 0.29) is 5.82 Å². The van der Waals surface area contributed by atoms with Crippen LogP contribution in [0.1, 0.15) is 33.4 Å². The van der Waals surface area contributed by atoms with Crippen LogP contribution in [0.15, 0.2) is 188 Å². The third kappa shape index (κ3) is 5.53. The van der Waals surface area contributed by atoms with Crippen LogP contribution in [0.4, 0.5) is 4.39 Å². The molecule has 0 radical (unpaired) electrons. The Morgan fingerprint density at radius 2 is 1.03 bits per heavy atom. The first-order chi connectivity index (χ1) is 28.3. The Kier molecular flexibility index (Phi) is 8.49. The molecule has 58 heavy (non-hydrogen) atoms. The maximum atomic E-state index is 16.1. The van der Waals surface area contributed by atoms with Crippen molar-refractivity contribution in [1.82, 2.24) is 0 Å². The molecule has 10 rings (SSSR count). The molecule has 0 saturated carbocycles. The maximum Gasteiger partial charge on any atom is 0.220 e. The number of benzene rings is 7. The summed E-state index contributed by atoms with van der Waals surface area (Å²) in [6, 6.07) is 62.7. The van der Waals surface area contributed by atoms with Crippen molar-refractivity contribution in [2.75, 3.05) is 0 Å². The fraction of sp³-hybridized carbons (Fsp3) is 0.0909. The number of aromatic nitrogens is 2. The highest BCUT2D eigenvalue weighted by Crippen LogP contribution is 2.56. The number of halogens is 1. The van der Waals surface area contributed by atoms with Crippen molar-refractivity contribution in [3.63, 3.8) is 0 Å². The van der Waals surface area contributed by atoms with Crippen molar-refractivity contribution in [2.45, 2.75) is 19.3 Å². The van der Waals surface area contributed by atoms with Crippen LogP contribution in [0.2, 0.25) is 0 Å². The van der Waals surface area contributed by atoms with Gasteiger partial charge in [-0.15, -0.1) is 0 Å². The van der Waals surface area contributed by atoms with E-state index in [2.05, 4.69) is 206 Å². The van der Waals surface area contributed by atoms with Crippen molar-refractivity contribution < 1.29 is 13.5 Å². The van der Waals surface area contributed by atoms with Crippen LogP contribution in [0.25, 0.3) is 66.7 Å². The lowest BCUT2D eigenvalue weighted by Gasteiger charge is -2.34. The van der Waals surface area contributed by atoms with Crippen molar-refractivity contribution in [3.05, 3.63) is 228 Å². The highest BCUT2D eigenvalue weighted by Gasteiger charge is 2.45. The fourth-order valence-corrected chi connectivity index (χ4v) is 9.52. The van der Waals surface area contributed by atoms with E-state index < -0.39 is 5.41 Å². The molecule has 7 aromatic carbocycles. The third-order valence-corrected chi connectivity index (χ3v) is 12.4. The van der Waals surface area contributed by atoms with Gasteiger partial charge in [0.05, 0.1) is 16.4 Å². The lowest BCUT2D eigenvalue weighted by Crippen LogP contribution is -2.30. The Labute approximate surface area is 339 Å². The quantitative estimate of drug-likeness (QED) is 0.150. The summed E-state index contributed by atoms with van der Waals surface area (Å²) >= 11 is 0. The van der Waals surface area contributed by atoms with Gasteiger partial charge in [0.25, 0.3) is 0 Å². The number of hydrogen-bond acceptors (Lipinski definition) is 0. The van der Waals surface area contributed by atoms with Crippen molar-refractivity contribution in [3.8, 4) is 55.9 Å². The molecule has 1 aliphatic rings. The number of hydrogen-bond donors (Lipinski definition) is 0. The van der Waals surface area contributed by atoms with Gasteiger partial charge in [-0.05, 0) is 111 Å². The van der Waals surface area contributed by atoms with Crippen LogP contribution >= 0.6 is 0 Å². The van der Waals surface area contributed by atoms with E-state index in [1.807, 2.05) is 13.0 Å². The zero-order valence-electron chi connectivity index (χ0n) is 33.2. The predicted molar refractivity (Wildman–Crippen MR) is 235 cm³/mol. The third-order valence-electron chi connectivity index (χ3n) is 12.4. The normalized spacial score (nSPS) is 12.7. The van der Waals surface area contributed by atoms with E-state index in [1.54, 1.807) is 6.07 Å². The van der Waals surface area contributed by atoms with Gasteiger partial charge >= 0.3 is 0 Å². The summed E-state index contributed by atoms with van der Waals surface area (Å²) in [6.45, 7) is 4.18. The summed E-state index contributed by atoms with van der Waals surface area (Å²) in [5.74, 6) is -0.223. The molecule has 0 amide bonds. The number of nitrogens with zero attached hydrogens (tertiary/aromatic N) is 2. The highest BCUT2D eigenvalue weighted by molar-refractivity contribution is 5.94. The first-order valence-corrected chi connectivity index (χ1v) is 20.0. The molecule has 2 nitrogen and oxygen atoms in total. The minimum Gasteiger partial charge on any atom is -0.206 e. The first kappa shape index (κ1) is 35.4. The molecule has 9 aromatic rings. The molecule has 0 aliphatic heterocycles. The Morgan fingerprint density at radius 3 is 1.72 bits per heavy atom. The average Bonchev–Trinajstić information content (AvgIpc) is 3.56. The average molecular weight is 751 g/mol. The number of aryl methyl sites for hydroxylation is 4. The van der Waals surface area contributed by atoms with E-state index in [0.717, 1.165) is 38.7 Å². The molecule has 0 atom stereocenters. The molecule has 0 fully saturated rings. The van der Waals surface area contributed by atoms with Gasteiger partial charge in [-0.25, -0.2) is 13.5 Å². The van der Waals surface area contributed by atoms with Crippen LogP contribution in [0.5, 0.6) is 0 Å². The molecule has 278 valence electrons. The summed E-state index contributed by atoms with van der Waals surface area (Å²) in [5.41, 5.74) is 17.2. The molecule has 0 N–H and O–H groups in total. The second-order valence-electron chi connectivity index (χ2n) is 15.7. The minimum atomic E-state index is -0.575. The van der Waals surface area contributed by atoms with Gasteiger partial charge in [0.2, 0.25) is 11.4 Å². The topological polar surface area (TPSA) is 7.76 Å². The van der Waals surface area contributed by atoms with Crippen LogP contribution in [-0.2, 0) is 19.5 Å². The summed E-state index contributed by atoms with van der Waals surface area (Å²) in [6.07, 6.45) is 4.18. The molecule has 0 bridgehead atoms. The predicted octanol–water partition coefficient (Wildman–Crippen LogP) is 12.3. The molecule has 2 aromatic heterocycles. The van der Waals surface area contributed by atoms with Gasteiger partial charge in [-0.3, -0.25) is 0 Å². The summed E-state index contributed by atoms with van der Waals surface area (Å²) in [7, 11) is 4.16. The first-order valence-electron chi connectivity index (χ1n) is 20.0. The smallest absolute Gasteiger partial charge is 0.206 e. The van der Waals surface area contributed by atoms with Crippen molar-refractivity contribution >= 4 is 10.8 Å². The van der Waals surface area contributed by atoms with Gasteiger partial charge in [-0.2, -0.15) is 0 Å². The minimum absolute atomic E-state index is 0.223. The molecule has 0 saturated heterocycles. The van der Waals surface area contributed by atoms with Gasteiger partial charge in [-0.1, -0.05) is 127 Å². The van der Waals surface area contributed by atoms with Crippen LogP contribution in [-0.4, -0.2) is 0 Å². The lowest BCUT2D eigenvalue weighted by atomic mass is 9.67. The van der Waals surface area contributed by atoms with E-state index in [0.29, 0.717) is 5.56 Å². The van der Waals surface area contributed by atoms with Crippen molar-refractivity contribution in [1.29, 1.82) is 0 Å². The summed E-state index contributed by atoms with van der Waals surface area (Å²) < 4.78 is 20.4. The highest BCUT2D eigenvalue weighted by atomic mass is 19.1. The SMILES string of the molecule is Cc1ccc(-c2ccc(C3(c4ccc(-c5cc(-c6c7ccccc7cc[n+]6C)c(C)cc5F)cc4)c4ccccc4-c4ccccc43)cc2)cc1-c1cccc[n+]1C. The molecular formula is C55H43FN2+2. The molecule has 2 heterocycles. The Morgan fingerprint density at radius 1 is 0.431 bits per heavy atom. The molecule has 0 spiro atoms. The second-order valence-corrected chi connectivity index (χ2v) is 15.7. The summed E-state index contributed by atoms with van der Waals surface area (Å²) in [5, 5.41) is 2.30.